The lowest BCUT2D eigenvalue weighted by atomic mass is 9.81. The topological polar surface area (TPSA) is 46.3 Å². The van der Waals surface area contributed by atoms with Crippen molar-refractivity contribution in [3.63, 3.8) is 0 Å². The molecule has 1 aromatic rings. The first-order chi connectivity index (χ1) is 12.0. The minimum absolute atomic E-state index is 0.0582. The van der Waals surface area contributed by atoms with E-state index in [1.54, 1.807) is 0 Å². The number of rotatable bonds is 2. The minimum atomic E-state index is -0.959. The van der Waals surface area contributed by atoms with Gasteiger partial charge in [-0.3, -0.25) is 5.32 Å². The summed E-state index contributed by atoms with van der Waals surface area (Å²) < 4.78 is 12.8. The molecule has 0 saturated carbocycles. The van der Waals surface area contributed by atoms with Crippen molar-refractivity contribution < 1.29 is 14.3 Å². The van der Waals surface area contributed by atoms with Gasteiger partial charge in [-0.25, -0.2) is 4.84 Å². The summed E-state index contributed by atoms with van der Waals surface area (Å²) >= 11 is 0. The highest BCUT2D eigenvalue weighted by atomic mass is 16.9. The predicted molar refractivity (Wildman–Crippen MR) is 100 cm³/mol. The van der Waals surface area contributed by atoms with Gasteiger partial charge in [0.25, 0.3) is 5.91 Å². The molecule has 3 heterocycles. The van der Waals surface area contributed by atoms with Crippen LogP contribution in [0.3, 0.4) is 0 Å². The van der Waals surface area contributed by atoms with Crippen LogP contribution in [0, 0.1) is 5.92 Å². The molecule has 2 spiro atoms. The summed E-state index contributed by atoms with van der Waals surface area (Å²) in [7, 11) is 0. The number of benzene rings is 1. The number of hydrogen-bond donors (Lipinski definition) is 1. The van der Waals surface area contributed by atoms with Crippen LogP contribution in [-0.2, 0) is 14.3 Å². The van der Waals surface area contributed by atoms with E-state index in [2.05, 4.69) is 83.1 Å². The molecule has 5 heteroatoms. The Morgan fingerprint density at radius 1 is 1.15 bits per heavy atom. The fourth-order valence-corrected chi connectivity index (χ4v) is 4.52. The van der Waals surface area contributed by atoms with Gasteiger partial charge in [0.05, 0.1) is 12.6 Å². The molecule has 1 N–H and O–H groups in total. The molecule has 0 bridgehead atoms. The Morgan fingerprint density at radius 3 is 2.23 bits per heavy atom. The molecule has 4 rings (SSSR count). The van der Waals surface area contributed by atoms with Crippen molar-refractivity contribution in [2.45, 2.75) is 83.2 Å². The Labute approximate surface area is 156 Å². The summed E-state index contributed by atoms with van der Waals surface area (Å²) in [6, 6.07) is 10.7. The van der Waals surface area contributed by atoms with E-state index in [1.165, 1.54) is 5.56 Å². The molecule has 0 radical (unpaired) electrons. The monoisotopic (exact) mass is 360 g/mol. The van der Waals surface area contributed by atoms with Gasteiger partial charge in [0, 0.05) is 11.6 Å². The maximum absolute atomic E-state index is 6.61. The Balaban J connectivity index is 1.84. The third kappa shape index (κ3) is 2.34. The van der Waals surface area contributed by atoms with E-state index in [1.807, 2.05) is 6.07 Å². The number of nitrogens with one attached hydrogen (secondary N) is 1. The molecule has 3 aliphatic rings. The third-order valence-corrected chi connectivity index (χ3v) is 6.03. The molecule has 144 valence electrons. The summed E-state index contributed by atoms with van der Waals surface area (Å²) in [6.45, 7) is 15.8. The van der Waals surface area contributed by atoms with Gasteiger partial charge in [-0.2, -0.15) is 5.06 Å². The van der Waals surface area contributed by atoms with E-state index in [0.29, 0.717) is 12.5 Å². The van der Waals surface area contributed by atoms with Crippen molar-refractivity contribution in [3.05, 3.63) is 35.9 Å². The van der Waals surface area contributed by atoms with Gasteiger partial charge in [-0.15, -0.1) is 0 Å². The van der Waals surface area contributed by atoms with Gasteiger partial charge in [0.15, 0.2) is 5.60 Å². The fraction of sp³-hybridized carbons (Fsp3) is 0.714. The highest BCUT2D eigenvalue weighted by Crippen LogP contribution is 2.68. The maximum atomic E-state index is 6.61. The first kappa shape index (κ1) is 18.4. The molecule has 26 heavy (non-hydrogen) atoms. The molecule has 0 unspecified atom stereocenters. The molecule has 4 atom stereocenters. The number of fused-ring (bicyclic) bond motifs is 1. The summed E-state index contributed by atoms with van der Waals surface area (Å²) in [5.41, 5.74) is 0.0215. The number of nitrogens with zero attached hydrogens (tertiary/aromatic N) is 1. The quantitative estimate of drug-likeness (QED) is 0.816. The van der Waals surface area contributed by atoms with E-state index in [-0.39, 0.29) is 23.2 Å². The second-order valence-corrected chi connectivity index (χ2v) is 9.67. The second kappa shape index (κ2) is 5.52. The van der Waals surface area contributed by atoms with Crippen LogP contribution in [0.2, 0.25) is 0 Å². The number of hydroxylamine groups is 2. The number of epoxide rings is 1. The van der Waals surface area contributed by atoms with Crippen LogP contribution in [0.25, 0.3) is 0 Å². The minimum Gasteiger partial charge on any atom is -0.353 e. The van der Waals surface area contributed by atoms with Crippen molar-refractivity contribution in [2.75, 3.05) is 6.61 Å². The summed E-state index contributed by atoms with van der Waals surface area (Å²) in [6.07, 6.45) is 0. The Morgan fingerprint density at radius 2 is 1.77 bits per heavy atom. The average molecular weight is 360 g/mol. The normalized spacial score (nSPS) is 39.4. The SMILES string of the molecule is CC(C)[C@H]1CO[C@@]2(N1)ON(C(C)(C)C)[C@@H](c1ccccc1)[C@]21OC1(C)C. The van der Waals surface area contributed by atoms with Crippen LogP contribution in [-0.4, -0.2) is 40.4 Å². The van der Waals surface area contributed by atoms with E-state index in [0.717, 1.165) is 0 Å². The van der Waals surface area contributed by atoms with Crippen molar-refractivity contribution in [1.82, 2.24) is 10.4 Å². The van der Waals surface area contributed by atoms with Crippen LogP contribution in [0.15, 0.2) is 30.3 Å². The zero-order valence-corrected chi connectivity index (χ0v) is 17.0. The van der Waals surface area contributed by atoms with Gasteiger partial charge in [0.2, 0.25) is 0 Å². The van der Waals surface area contributed by atoms with Crippen LogP contribution in [0.1, 0.15) is 60.1 Å². The standard InChI is InChI=1S/C21H32N2O3/c1-14(2)16-13-24-21(22-16)20(19(6,7)25-20)17(15-11-9-8-10-12-15)23(26-21)18(3,4)5/h8-12,14,16-17,22H,13H2,1-7H3/t16-,17+,20-,21-/m1/s1. The van der Waals surface area contributed by atoms with E-state index in [9.17, 15) is 0 Å². The van der Waals surface area contributed by atoms with Gasteiger partial charge in [-0.1, -0.05) is 44.2 Å². The first-order valence-electron chi connectivity index (χ1n) is 9.69. The Kier molecular flexibility index (Phi) is 3.90. The molecule has 3 aliphatic heterocycles. The molecule has 0 amide bonds. The van der Waals surface area contributed by atoms with Gasteiger partial charge >= 0.3 is 0 Å². The van der Waals surface area contributed by atoms with Crippen molar-refractivity contribution >= 4 is 0 Å². The van der Waals surface area contributed by atoms with Gasteiger partial charge in [-0.05, 0) is 46.1 Å². The molecule has 3 fully saturated rings. The van der Waals surface area contributed by atoms with Crippen LogP contribution < -0.4 is 5.32 Å². The number of ether oxygens (including phenoxy) is 2. The van der Waals surface area contributed by atoms with Crippen LogP contribution >= 0.6 is 0 Å². The van der Waals surface area contributed by atoms with E-state index in [4.69, 9.17) is 14.3 Å². The molecular weight excluding hydrogens is 328 g/mol. The lowest BCUT2D eigenvalue weighted by Gasteiger charge is -2.35. The Hall–Kier alpha value is -0.980. The highest BCUT2D eigenvalue weighted by Gasteiger charge is 2.87. The van der Waals surface area contributed by atoms with Gasteiger partial charge < -0.3 is 9.47 Å². The van der Waals surface area contributed by atoms with Crippen LogP contribution in [0.4, 0.5) is 0 Å². The van der Waals surface area contributed by atoms with Crippen LogP contribution in [0.5, 0.6) is 0 Å². The van der Waals surface area contributed by atoms with E-state index < -0.39 is 11.5 Å². The fourth-order valence-electron chi connectivity index (χ4n) is 4.52. The van der Waals surface area contributed by atoms with Crippen molar-refractivity contribution in [1.29, 1.82) is 0 Å². The maximum Gasteiger partial charge on any atom is 0.280 e. The van der Waals surface area contributed by atoms with Crippen molar-refractivity contribution in [2.24, 2.45) is 5.92 Å². The smallest absolute Gasteiger partial charge is 0.280 e. The third-order valence-electron chi connectivity index (χ3n) is 6.03. The molecule has 1 aromatic carbocycles. The summed E-state index contributed by atoms with van der Waals surface area (Å²) in [5.74, 6) is -0.505. The Bertz CT molecular complexity index is 684. The molecule has 0 aliphatic carbocycles. The molecular formula is C21H32N2O3. The zero-order chi connectivity index (χ0) is 19.0. The van der Waals surface area contributed by atoms with E-state index >= 15 is 0 Å². The average Bonchev–Trinajstić information content (AvgIpc) is 2.88. The first-order valence-corrected chi connectivity index (χ1v) is 9.69. The molecule has 0 aromatic heterocycles. The summed E-state index contributed by atoms with van der Waals surface area (Å²) in [5, 5.41) is 5.74. The van der Waals surface area contributed by atoms with Gasteiger partial charge in [0.1, 0.15) is 5.60 Å². The lowest BCUT2D eigenvalue weighted by Crippen LogP contribution is -2.57. The molecule has 3 saturated heterocycles. The lowest BCUT2D eigenvalue weighted by molar-refractivity contribution is -0.329. The predicted octanol–water partition coefficient (Wildman–Crippen LogP) is 3.62. The highest BCUT2D eigenvalue weighted by molar-refractivity contribution is 5.35. The van der Waals surface area contributed by atoms with Crippen molar-refractivity contribution in [3.8, 4) is 0 Å². The largest absolute Gasteiger partial charge is 0.353 e. The number of hydrogen-bond acceptors (Lipinski definition) is 5. The zero-order valence-electron chi connectivity index (χ0n) is 17.0. The second-order valence-electron chi connectivity index (χ2n) is 9.67. The summed E-state index contributed by atoms with van der Waals surface area (Å²) in [4.78, 5) is 6.61. The molecule has 5 nitrogen and oxygen atoms in total.